The van der Waals surface area contributed by atoms with Crippen LogP contribution in [0.1, 0.15) is 33.1 Å². The number of H-pyrrole nitrogens is 1. The van der Waals surface area contributed by atoms with Gasteiger partial charge in [0.05, 0.1) is 17.4 Å². The van der Waals surface area contributed by atoms with Gasteiger partial charge < -0.3 is 25.0 Å². The third kappa shape index (κ3) is 6.13. The van der Waals surface area contributed by atoms with Gasteiger partial charge in [0.15, 0.2) is 5.78 Å². The molecule has 9 nitrogen and oxygen atoms in total. The molecule has 0 fully saturated rings. The van der Waals surface area contributed by atoms with Crippen LogP contribution in [0.3, 0.4) is 0 Å². The summed E-state index contributed by atoms with van der Waals surface area (Å²) in [6.45, 7) is 2.41. The number of nitrogens with zero attached hydrogens (tertiary/aromatic N) is 2. The maximum atomic E-state index is 12.8. The maximum Gasteiger partial charge on any atom is 0.352 e. The average Bonchev–Trinajstić information content (AvgIpc) is 2.87. The highest BCUT2D eigenvalue weighted by Gasteiger charge is 2.32. The summed E-state index contributed by atoms with van der Waals surface area (Å²) < 4.78 is 12.0. The Labute approximate surface area is 213 Å². The summed E-state index contributed by atoms with van der Waals surface area (Å²) in [6, 6.07) is 20.1. The van der Waals surface area contributed by atoms with Crippen molar-refractivity contribution in [3.63, 3.8) is 0 Å². The van der Waals surface area contributed by atoms with E-state index in [9.17, 15) is 23.9 Å². The van der Waals surface area contributed by atoms with E-state index < -0.39 is 19.3 Å². The Balaban J connectivity index is 1.54. The molecule has 1 amide bonds. The number of terminal acetylenes is 1. The van der Waals surface area contributed by atoms with Gasteiger partial charge in [-0.25, -0.2) is 4.98 Å². The van der Waals surface area contributed by atoms with Crippen molar-refractivity contribution in [2.75, 3.05) is 11.4 Å². The van der Waals surface area contributed by atoms with Crippen LogP contribution < -0.4 is 15.8 Å². The van der Waals surface area contributed by atoms with Crippen LogP contribution in [0.2, 0.25) is 0 Å². The molecule has 4 rings (SSSR count). The molecule has 1 unspecified atom stereocenters. The summed E-state index contributed by atoms with van der Waals surface area (Å²) in [5, 5.41) is 2.92. The Hall–Kier alpha value is -4.22. The van der Waals surface area contributed by atoms with Crippen molar-refractivity contribution in [2.24, 2.45) is 0 Å². The van der Waals surface area contributed by atoms with E-state index in [0.29, 0.717) is 28.8 Å². The number of carbonyl (C=O) groups excluding carboxylic acids is 1. The van der Waals surface area contributed by atoms with E-state index in [2.05, 4.69) is 21.2 Å². The van der Waals surface area contributed by atoms with Gasteiger partial charge in [0, 0.05) is 17.8 Å². The first-order valence-electron chi connectivity index (χ1n) is 11.3. The normalized spacial score (nSPS) is 12.1. The summed E-state index contributed by atoms with van der Waals surface area (Å²) in [5.74, 6) is 1.08. The van der Waals surface area contributed by atoms with Gasteiger partial charge in [0.25, 0.3) is 11.5 Å². The van der Waals surface area contributed by atoms with Gasteiger partial charge in [0.2, 0.25) is 0 Å². The molecule has 0 bridgehead atoms. The average molecular weight is 516 g/mol. The molecule has 188 valence electrons. The second-order valence-corrected chi connectivity index (χ2v) is 10.2. The molecule has 0 saturated heterocycles. The van der Waals surface area contributed by atoms with Gasteiger partial charge in [-0.05, 0) is 54.4 Å². The van der Waals surface area contributed by atoms with Crippen molar-refractivity contribution < 1.29 is 19.1 Å². The Morgan fingerprint density at radius 2 is 1.84 bits per heavy atom. The standard InChI is InChI=1S/C27H25N4O5P/c1-3-15-31(17-19-9-14-24-23(16-19)26(33)29-18(2)28-24)22-12-10-20(11-13-22)25(32)30-27(37(34,35)36)21-7-5-4-6-8-21/h1,4-14,16,27H,15,17H2,2H3,(H,30,32)(H,28,29,33)(H2,34,35,36). The topological polar surface area (TPSA) is 136 Å². The summed E-state index contributed by atoms with van der Waals surface area (Å²) in [7, 11) is -4.66. The number of anilines is 1. The lowest BCUT2D eigenvalue weighted by atomic mass is 10.1. The number of carbonyl (C=O) groups is 1. The monoisotopic (exact) mass is 516 g/mol. The first-order valence-corrected chi connectivity index (χ1v) is 13.0. The highest BCUT2D eigenvalue weighted by atomic mass is 31.2. The third-order valence-corrected chi connectivity index (χ3v) is 6.86. The van der Waals surface area contributed by atoms with Crippen molar-refractivity contribution in [1.29, 1.82) is 0 Å². The SMILES string of the molecule is C#CCN(Cc1ccc2nc(C)[nH]c(=O)c2c1)c1ccc(C(=O)NC(c2ccccc2)P(=O)(O)O)cc1. The number of benzene rings is 3. The molecule has 1 atom stereocenters. The van der Waals surface area contributed by atoms with Crippen molar-refractivity contribution in [2.45, 2.75) is 19.3 Å². The molecule has 10 heteroatoms. The van der Waals surface area contributed by atoms with Gasteiger partial charge in [-0.15, -0.1) is 6.42 Å². The third-order valence-electron chi connectivity index (χ3n) is 5.76. The molecule has 0 aliphatic carbocycles. The maximum absolute atomic E-state index is 12.8. The Kier molecular flexibility index (Phi) is 7.55. The van der Waals surface area contributed by atoms with Crippen LogP contribution in [-0.2, 0) is 11.1 Å². The van der Waals surface area contributed by atoms with Gasteiger partial charge in [-0.3, -0.25) is 14.2 Å². The minimum absolute atomic E-state index is 0.215. The minimum atomic E-state index is -4.66. The quantitative estimate of drug-likeness (QED) is 0.208. The number of amides is 1. The van der Waals surface area contributed by atoms with Crippen LogP contribution in [0.4, 0.5) is 5.69 Å². The minimum Gasteiger partial charge on any atom is -0.356 e. The number of hydrogen-bond acceptors (Lipinski definition) is 5. The lowest BCUT2D eigenvalue weighted by Gasteiger charge is -2.23. The van der Waals surface area contributed by atoms with E-state index in [0.717, 1.165) is 11.3 Å². The lowest BCUT2D eigenvalue weighted by molar-refractivity contribution is 0.0943. The molecule has 0 saturated carbocycles. The summed E-state index contributed by atoms with van der Waals surface area (Å²) >= 11 is 0. The van der Waals surface area contributed by atoms with E-state index in [1.807, 2.05) is 11.0 Å². The van der Waals surface area contributed by atoms with E-state index in [4.69, 9.17) is 6.42 Å². The van der Waals surface area contributed by atoms with Gasteiger partial charge in [-0.2, -0.15) is 0 Å². The van der Waals surface area contributed by atoms with Crippen molar-refractivity contribution in [3.8, 4) is 12.3 Å². The second kappa shape index (κ2) is 10.8. The van der Waals surface area contributed by atoms with E-state index in [1.54, 1.807) is 73.7 Å². The Morgan fingerprint density at radius 1 is 1.14 bits per heavy atom. The first-order chi connectivity index (χ1) is 17.7. The van der Waals surface area contributed by atoms with E-state index >= 15 is 0 Å². The number of hydrogen-bond donors (Lipinski definition) is 4. The van der Waals surface area contributed by atoms with Crippen LogP contribution in [-0.4, -0.2) is 32.2 Å². The van der Waals surface area contributed by atoms with Crippen LogP contribution in [0, 0.1) is 19.3 Å². The number of aryl methyl sites for hydroxylation is 1. The van der Waals surface area contributed by atoms with Crippen molar-refractivity contribution >= 4 is 30.1 Å². The van der Waals surface area contributed by atoms with Crippen LogP contribution in [0.15, 0.2) is 77.6 Å². The van der Waals surface area contributed by atoms with Crippen LogP contribution >= 0.6 is 7.60 Å². The predicted octanol–water partition coefficient (Wildman–Crippen LogP) is 3.48. The molecule has 3 aromatic carbocycles. The number of nitrogens with one attached hydrogen (secondary N) is 2. The van der Waals surface area contributed by atoms with Gasteiger partial charge >= 0.3 is 7.60 Å². The zero-order valence-corrected chi connectivity index (χ0v) is 20.9. The Bertz CT molecular complexity index is 1570. The molecular weight excluding hydrogens is 491 g/mol. The van der Waals surface area contributed by atoms with Gasteiger partial charge in [0.1, 0.15) is 5.82 Å². The van der Waals surface area contributed by atoms with E-state index in [1.165, 1.54) is 0 Å². The van der Waals surface area contributed by atoms with Crippen molar-refractivity contribution in [3.05, 3.63) is 106 Å². The molecule has 4 aromatic rings. The molecule has 0 spiro atoms. The predicted molar refractivity (Wildman–Crippen MR) is 142 cm³/mol. The van der Waals surface area contributed by atoms with Crippen LogP contribution in [0.25, 0.3) is 10.9 Å². The highest BCUT2D eigenvalue weighted by Crippen LogP contribution is 2.49. The first kappa shape index (κ1) is 25.9. The fourth-order valence-corrected chi connectivity index (χ4v) is 4.84. The van der Waals surface area contributed by atoms with E-state index in [-0.39, 0.29) is 17.7 Å². The highest BCUT2D eigenvalue weighted by molar-refractivity contribution is 7.52. The van der Waals surface area contributed by atoms with Crippen LogP contribution in [0.5, 0.6) is 0 Å². The summed E-state index contributed by atoms with van der Waals surface area (Å²) in [5.41, 5.74) is 2.52. The molecule has 4 N–H and O–H groups in total. The fraction of sp³-hybridized carbons (Fsp3) is 0.148. The zero-order valence-electron chi connectivity index (χ0n) is 20.0. The smallest absolute Gasteiger partial charge is 0.352 e. The molecule has 1 aromatic heterocycles. The second-order valence-electron chi connectivity index (χ2n) is 8.49. The summed E-state index contributed by atoms with van der Waals surface area (Å²) in [4.78, 5) is 53.7. The zero-order chi connectivity index (χ0) is 26.6. The number of aromatic amines is 1. The molecule has 0 radical (unpaired) electrons. The lowest BCUT2D eigenvalue weighted by Crippen LogP contribution is -2.28. The molecule has 37 heavy (non-hydrogen) atoms. The Morgan fingerprint density at radius 3 is 2.49 bits per heavy atom. The largest absolute Gasteiger partial charge is 0.356 e. The number of aromatic nitrogens is 2. The van der Waals surface area contributed by atoms with Gasteiger partial charge in [-0.1, -0.05) is 42.3 Å². The fourth-order valence-electron chi connectivity index (χ4n) is 4.00. The summed E-state index contributed by atoms with van der Waals surface area (Å²) in [6.07, 6.45) is 5.59. The number of fused-ring (bicyclic) bond motifs is 1. The number of rotatable bonds is 8. The molecule has 1 heterocycles. The van der Waals surface area contributed by atoms with Crippen molar-refractivity contribution in [1.82, 2.24) is 15.3 Å². The molecule has 0 aliphatic heterocycles. The molecule has 0 aliphatic rings. The molecular formula is C27H25N4O5P.